The molecule has 0 radical (unpaired) electrons. The number of Topliss-reactive ketones (excluding diaryl/α,β-unsaturated/α-hetero) is 1. The van der Waals surface area contributed by atoms with Crippen LogP contribution in [0.2, 0.25) is 0 Å². The molecule has 0 fully saturated rings. The molecule has 0 bridgehead atoms. The number of halogens is 1. The summed E-state index contributed by atoms with van der Waals surface area (Å²) < 4.78 is 18.9. The Bertz CT molecular complexity index is 935. The number of carbonyl (C=O) groups is 2. The molecule has 1 N–H and O–H groups in total. The molecule has 0 aliphatic carbocycles. The maximum absolute atomic E-state index is 13.7. The third-order valence-electron chi connectivity index (χ3n) is 3.41. The number of hydrogen-bond donors (Lipinski definition) is 1. The molecular formula is C17H13FN2O3S. The first kappa shape index (κ1) is 16.1. The highest BCUT2D eigenvalue weighted by molar-refractivity contribution is 7.22. The number of thiazole rings is 1. The lowest BCUT2D eigenvalue weighted by Gasteiger charge is -2.03. The number of hydrogen-bond acceptors (Lipinski definition) is 6. The van der Waals surface area contributed by atoms with Crippen molar-refractivity contribution in [2.45, 2.75) is 6.92 Å². The fourth-order valence-electron chi connectivity index (χ4n) is 2.23. The third kappa shape index (κ3) is 3.11. The van der Waals surface area contributed by atoms with Crippen molar-refractivity contribution in [1.82, 2.24) is 4.98 Å². The van der Waals surface area contributed by atoms with Gasteiger partial charge in [-0.3, -0.25) is 4.79 Å². The quantitative estimate of drug-likeness (QED) is 0.568. The molecule has 0 atom stereocenters. The maximum atomic E-state index is 13.7. The van der Waals surface area contributed by atoms with Crippen molar-refractivity contribution in [2.75, 3.05) is 12.4 Å². The van der Waals surface area contributed by atoms with Crippen molar-refractivity contribution >= 4 is 44.1 Å². The van der Waals surface area contributed by atoms with Crippen LogP contribution in [0.15, 0.2) is 36.4 Å². The van der Waals surface area contributed by atoms with E-state index in [0.29, 0.717) is 20.9 Å². The van der Waals surface area contributed by atoms with Gasteiger partial charge >= 0.3 is 5.97 Å². The number of nitrogens with zero attached hydrogens (tertiary/aromatic N) is 1. The molecule has 24 heavy (non-hydrogen) atoms. The van der Waals surface area contributed by atoms with E-state index in [-0.39, 0.29) is 11.3 Å². The summed E-state index contributed by atoms with van der Waals surface area (Å²) in [6.07, 6.45) is 0. The van der Waals surface area contributed by atoms with Crippen LogP contribution in [0, 0.1) is 5.82 Å². The summed E-state index contributed by atoms with van der Waals surface area (Å²) in [5.41, 5.74) is 1.82. The minimum Gasteiger partial charge on any atom is -0.465 e. The molecule has 3 rings (SSSR count). The number of esters is 1. The number of fused-ring (bicyclic) bond motifs is 1. The Labute approximate surface area is 141 Å². The van der Waals surface area contributed by atoms with Gasteiger partial charge in [-0.1, -0.05) is 11.3 Å². The SMILES string of the molecule is COC(=O)c1cc(F)cc2sc(Nc3ccc(C(C)=O)cc3)nc12. The van der Waals surface area contributed by atoms with Crippen LogP contribution >= 0.6 is 11.3 Å². The summed E-state index contributed by atoms with van der Waals surface area (Å²) in [5, 5.41) is 3.60. The molecule has 1 heterocycles. The first-order chi connectivity index (χ1) is 11.5. The Morgan fingerprint density at radius 3 is 2.54 bits per heavy atom. The van der Waals surface area contributed by atoms with Gasteiger partial charge in [0.2, 0.25) is 0 Å². The van der Waals surface area contributed by atoms with Gasteiger partial charge in [-0.25, -0.2) is 14.2 Å². The predicted octanol–water partition coefficient (Wildman–Crippen LogP) is 4.17. The topological polar surface area (TPSA) is 68.3 Å². The lowest BCUT2D eigenvalue weighted by atomic mass is 10.1. The largest absolute Gasteiger partial charge is 0.465 e. The van der Waals surface area contributed by atoms with Crippen LogP contribution in [0.5, 0.6) is 0 Å². The zero-order chi connectivity index (χ0) is 17.3. The summed E-state index contributed by atoms with van der Waals surface area (Å²) in [5.74, 6) is -1.18. The van der Waals surface area contributed by atoms with Crippen LogP contribution < -0.4 is 5.32 Å². The second kappa shape index (κ2) is 6.37. The Kier molecular flexibility index (Phi) is 4.26. The fraction of sp³-hybridized carbons (Fsp3) is 0.118. The fourth-order valence-corrected chi connectivity index (χ4v) is 3.16. The van der Waals surface area contributed by atoms with E-state index in [2.05, 4.69) is 15.0 Å². The van der Waals surface area contributed by atoms with Crippen LogP contribution in [0.25, 0.3) is 10.2 Å². The molecule has 2 aromatic carbocycles. The normalized spacial score (nSPS) is 10.6. The lowest BCUT2D eigenvalue weighted by Crippen LogP contribution is -2.02. The lowest BCUT2D eigenvalue weighted by molar-refractivity contribution is 0.0602. The summed E-state index contributed by atoms with van der Waals surface area (Å²) >= 11 is 1.22. The molecule has 0 aliphatic heterocycles. The number of ether oxygens (including phenoxy) is 1. The average molecular weight is 344 g/mol. The van der Waals surface area contributed by atoms with Crippen LogP contribution in [-0.4, -0.2) is 23.8 Å². The Balaban J connectivity index is 1.96. The van der Waals surface area contributed by atoms with E-state index < -0.39 is 11.8 Å². The number of benzene rings is 2. The molecular weight excluding hydrogens is 331 g/mol. The number of carbonyl (C=O) groups excluding carboxylic acids is 2. The van der Waals surface area contributed by atoms with E-state index in [1.54, 1.807) is 24.3 Å². The molecule has 0 spiro atoms. The number of methoxy groups -OCH3 is 1. The highest BCUT2D eigenvalue weighted by atomic mass is 32.1. The van der Waals surface area contributed by atoms with Gasteiger partial charge in [0.15, 0.2) is 10.9 Å². The van der Waals surface area contributed by atoms with E-state index in [4.69, 9.17) is 0 Å². The highest BCUT2D eigenvalue weighted by Gasteiger charge is 2.17. The zero-order valence-corrected chi connectivity index (χ0v) is 13.7. The summed E-state index contributed by atoms with van der Waals surface area (Å²) in [4.78, 5) is 27.4. The van der Waals surface area contributed by atoms with Gasteiger partial charge in [0.05, 0.1) is 22.9 Å². The van der Waals surface area contributed by atoms with Crippen LogP contribution in [0.4, 0.5) is 15.2 Å². The van der Waals surface area contributed by atoms with Crippen LogP contribution in [-0.2, 0) is 4.74 Å². The molecule has 0 saturated heterocycles. The summed E-state index contributed by atoms with van der Waals surface area (Å²) in [6, 6.07) is 9.35. The Morgan fingerprint density at radius 2 is 1.92 bits per heavy atom. The van der Waals surface area contributed by atoms with Gasteiger partial charge in [-0.05, 0) is 43.3 Å². The number of nitrogens with one attached hydrogen (secondary N) is 1. The van der Waals surface area contributed by atoms with Crippen molar-refractivity contribution in [3.63, 3.8) is 0 Å². The highest BCUT2D eigenvalue weighted by Crippen LogP contribution is 2.31. The van der Waals surface area contributed by atoms with Gasteiger partial charge in [-0.2, -0.15) is 0 Å². The first-order valence-corrected chi connectivity index (χ1v) is 7.86. The van der Waals surface area contributed by atoms with E-state index >= 15 is 0 Å². The van der Waals surface area contributed by atoms with Gasteiger partial charge in [0, 0.05) is 11.3 Å². The van der Waals surface area contributed by atoms with Gasteiger partial charge in [0.1, 0.15) is 5.82 Å². The van der Waals surface area contributed by atoms with Crippen molar-refractivity contribution in [2.24, 2.45) is 0 Å². The van der Waals surface area contributed by atoms with Crippen molar-refractivity contribution in [3.8, 4) is 0 Å². The maximum Gasteiger partial charge on any atom is 0.340 e. The number of anilines is 2. The monoisotopic (exact) mass is 344 g/mol. The Hall–Kier alpha value is -2.80. The molecule has 0 amide bonds. The average Bonchev–Trinajstić information content (AvgIpc) is 2.95. The van der Waals surface area contributed by atoms with E-state index in [9.17, 15) is 14.0 Å². The summed E-state index contributed by atoms with van der Waals surface area (Å²) in [6.45, 7) is 1.50. The predicted molar refractivity (Wildman–Crippen MR) is 90.6 cm³/mol. The van der Waals surface area contributed by atoms with Crippen molar-refractivity contribution in [1.29, 1.82) is 0 Å². The first-order valence-electron chi connectivity index (χ1n) is 7.04. The minimum absolute atomic E-state index is 0.0141. The van der Waals surface area contributed by atoms with Crippen molar-refractivity contribution in [3.05, 3.63) is 53.3 Å². The smallest absolute Gasteiger partial charge is 0.340 e. The van der Waals surface area contributed by atoms with E-state index in [0.717, 1.165) is 11.8 Å². The molecule has 1 aromatic heterocycles. The standard InChI is InChI=1S/C17H13FN2O3S/c1-9(21)10-3-5-12(6-4-10)19-17-20-15-13(16(22)23-2)7-11(18)8-14(15)24-17/h3-8H,1-2H3,(H,19,20). The number of ketones is 1. The van der Waals surface area contributed by atoms with Gasteiger partial charge in [-0.15, -0.1) is 0 Å². The molecule has 3 aromatic rings. The summed E-state index contributed by atoms with van der Waals surface area (Å²) in [7, 11) is 1.24. The molecule has 0 aliphatic rings. The molecule has 0 unspecified atom stereocenters. The number of rotatable bonds is 4. The van der Waals surface area contributed by atoms with Crippen LogP contribution in [0.1, 0.15) is 27.6 Å². The van der Waals surface area contributed by atoms with Gasteiger partial charge < -0.3 is 10.1 Å². The minimum atomic E-state index is -0.637. The molecule has 5 nitrogen and oxygen atoms in total. The van der Waals surface area contributed by atoms with E-state index in [1.807, 2.05) is 0 Å². The zero-order valence-electron chi connectivity index (χ0n) is 12.9. The molecule has 7 heteroatoms. The second-order valence-corrected chi connectivity index (χ2v) is 6.10. The van der Waals surface area contributed by atoms with Gasteiger partial charge in [0.25, 0.3) is 0 Å². The molecule has 122 valence electrons. The number of aromatic nitrogens is 1. The third-order valence-corrected chi connectivity index (χ3v) is 4.33. The van der Waals surface area contributed by atoms with Crippen LogP contribution in [0.3, 0.4) is 0 Å². The van der Waals surface area contributed by atoms with Crippen molar-refractivity contribution < 1.29 is 18.7 Å². The second-order valence-electron chi connectivity index (χ2n) is 5.07. The van der Waals surface area contributed by atoms with E-state index in [1.165, 1.54) is 31.4 Å². The Morgan fingerprint density at radius 1 is 1.21 bits per heavy atom. The molecule has 0 saturated carbocycles.